The number of esters is 1. The smallest absolute Gasteiger partial charge is 0.302 e. The molecule has 1 heterocycles. The number of phenols is 3. The van der Waals surface area contributed by atoms with E-state index in [1.54, 1.807) is 13.0 Å². The second kappa shape index (κ2) is 12.6. The van der Waals surface area contributed by atoms with Crippen molar-refractivity contribution >= 4 is 27.9 Å². The molecule has 0 spiro atoms. The third kappa shape index (κ3) is 6.82. The van der Waals surface area contributed by atoms with Crippen LogP contribution in [0.5, 0.6) is 23.0 Å². The van der Waals surface area contributed by atoms with Gasteiger partial charge >= 0.3 is 5.97 Å². The van der Waals surface area contributed by atoms with Crippen molar-refractivity contribution in [1.82, 2.24) is 0 Å². The number of ether oxygens (including phenoxy) is 2. The zero-order valence-electron chi connectivity index (χ0n) is 23.3. The van der Waals surface area contributed by atoms with Gasteiger partial charge in [0.1, 0.15) is 34.7 Å². The summed E-state index contributed by atoms with van der Waals surface area (Å²) in [6, 6.07) is 2.57. The van der Waals surface area contributed by atoms with Crippen molar-refractivity contribution in [1.29, 1.82) is 0 Å². The van der Waals surface area contributed by atoms with E-state index in [0.29, 0.717) is 17.6 Å². The van der Waals surface area contributed by atoms with E-state index < -0.39 is 17.1 Å². The highest BCUT2D eigenvalue weighted by Crippen LogP contribution is 2.40. The summed E-state index contributed by atoms with van der Waals surface area (Å²) in [5.74, 6) is -1.10. The molecule has 0 aliphatic rings. The maximum atomic E-state index is 13.8. The standard InChI is InChI=1S/C31H36O8/c1-17(2)8-7-9-18(3)10-13-22-27-25(15-24(34)31(22)37-6)39-26-14-23(33)21(29(35)28(26)30(27)36)12-11-19(4)16-38-20(5)32/h8,10-11,14-15,33-35H,7,9,12-13,16H2,1-6H3. The first-order chi connectivity index (χ1) is 18.4. The van der Waals surface area contributed by atoms with Crippen molar-refractivity contribution in [3.05, 3.63) is 68.4 Å². The normalized spacial score (nSPS) is 12.2. The Hall–Kier alpha value is -4.20. The van der Waals surface area contributed by atoms with Crippen LogP contribution in [0, 0.1) is 0 Å². The Morgan fingerprint density at radius 2 is 1.49 bits per heavy atom. The van der Waals surface area contributed by atoms with Gasteiger partial charge in [0.2, 0.25) is 5.43 Å². The van der Waals surface area contributed by atoms with Gasteiger partial charge in [-0.2, -0.15) is 0 Å². The maximum Gasteiger partial charge on any atom is 0.302 e. The van der Waals surface area contributed by atoms with E-state index in [2.05, 4.69) is 6.08 Å². The van der Waals surface area contributed by atoms with Gasteiger partial charge in [-0.25, -0.2) is 0 Å². The van der Waals surface area contributed by atoms with Crippen LogP contribution in [0.15, 0.2) is 56.3 Å². The van der Waals surface area contributed by atoms with Gasteiger partial charge < -0.3 is 29.2 Å². The third-order valence-corrected chi connectivity index (χ3v) is 6.45. The summed E-state index contributed by atoms with van der Waals surface area (Å²) in [5.41, 5.74) is 3.24. The van der Waals surface area contributed by atoms with Crippen LogP contribution < -0.4 is 10.2 Å². The number of fused-ring (bicyclic) bond motifs is 2. The molecule has 39 heavy (non-hydrogen) atoms. The molecule has 0 amide bonds. The molecule has 0 saturated heterocycles. The predicted octanol–water partition coefficient (Wildman–Crippen LogP) is 6.36. The minimum absolute atomic E-state index is 0.0178. The number of carbonyl (C=O) groups excluding carboxylic acids is 1. The van der Waals surface area contributed by atoms with Crippen LogP contribution in [-0.4, -0.2) is 35.0 Å². The number of phenolic OH excluding ortho intramolecular Hbond substituents is 3. The van der Waals surface area contributed by atoms with Crippen molar-refractivity contribution < 1.29 is 34.0 Å². The van der Waals surface area contributed by atoms with Gasteiger partial charge in [-0.15, -0.1) is 0 Å². The van der Waals surface area contributed by atoms with Crippen molar-refractivity contribution in [2.45, 2.75) is 60.3 Å². The first-order valence-electron chi connectivity index (χ1n) is 12.8. The van der Waals surface area contributed by atoms with Crippen molar-refractivity contribution in [2.24, 2.45) is 0 Å². The lowest BCUT2D eigenvalue weighted by Gasteiger charge is -2.14. The molecule has 0 fully saturated rings. The zero-order valence-corrected chi connectivity index (χ0v) is 23.3. The van der Waals surface area contributed by atoms with Crippen LogP contribution in [0.25, 0.3) is 21.9 Å². The second-order valence-corrected chi connectivity index (χ2v) is 9.92. The van der Waals surface area contributed by atoms with Gasteiger partial charge in [-0.05, 0) is 59.0 Å². The predicted molar refractivity (Wildman–Crippen MR) is 152 cm³/mol. The highest BCUT2D eigenvalue weighted by molar-refractivity contribution is 5.97. The molecule has 0 bridgehead atoms. The second-order valence-electron chi connectivity index (χ2n) is 9.92. The van der Waals surface area contributed by atoms with E-state index in [9.17, 15) is 24.9 Å². The van der Waals surface area contributed by atoms with Crippen LogP contribution in [-0.2, 0) is 22.4 Å². The fourth-order valence-corrected chi connectivity index (χ4v) is 4.37. The molecule has 8 heteroatoms. The molecule has 8 nitrogen and oxygen atoms in total. The molecule has 3 rings (SSSR count). The molecule has 3 aromatic rings. The molecule has 3 N–H and O–H groups in total. The minimum Gasteiger partial charge on any atom is -0.507 e. The van der Waals surface area contributed by atoms with Gasteiger partial charge in [0.25, 0.3) is 0 Å². The Bertz CT molecular complexity index is 1550. The Morgan fingerprint density at radius 1 is 0.872 bits per heavy atom. The molecule has 0 aliphatic heterocycles. The lowest BCUT2D eigenvalue weighted by atomic mass is 9.98. The molecular weight excluding hydrogens is 500 g/mol. The molecule has 2 aromatic carbocycles. The van der Waals surface area contributed by atoms with E-state index in [4.69, 9.17) is 13.9 Å². The Kier molecular flexibility index (Phi) is 9.46. The summed E-state index contributed by atoms with van der Waals surface area (Å²) in [5, 5.41) is 32.4. The number of hydrogen-bond acceptors (Lipinski definition) is 8. The summed E-state index contributed by atoms with van der Waals surface area (Å²) in [4.78, 5) is 24.9. The van der Waals surface area contributed by atoms with Crippen LogP contribution in [0.3, 0.4) is 0 Å². The summed E-state index contributed by atoms with van der Waals surface area (Å²) < 4.78 is 16.3. The summed E-state index contributed by atoms with van der Waals surface area (Å²) >= 11 is 0. The van der Waals surface area contributed by atoms with E-state index in [1.807, 2.05) is 26.8 Å². The van der Waals surface area contributed by atoms with Gasteiger partial charge in [0.15, 0.2) is 11.5 Å². The fraction of sp³-hybridized carbons (Fsp3) is 0.355. The van der Waals surface area contributed by atoms with Gasteiger partial charge in [0.05, 0.1) is 12.5 Å². The summed E-state index contributed by atoms with van der Waals surface area (Å²) in [7, 11) is 1.41. The largest absolute Gasteiger partial charge is 0.507 e. The zero-order chi connectivity index (χ0) is 28.9. The van der Waals surface area contributed by atoms with Gasteiger partial charge in [-0.3, -0.25) is 9.59 Å². The number of rotatable bonds is 10. The Balaban J connectivity index is 2.16. The van der Waals surface area contributed by atoms with Crippen LogP contribution in [0.2, 0.25) is 0 Å². The molecule has 0 aliphatic carbocycles. The van der Waals surface area contributed by atoms with E-state index in [-0.39, 0.29) is 57.8 Å². The Morgan fingerprint density at radius 3 is 2.13 bits per heavy atom. The van der Waals surface area contributed by atoms with Crippen molar-refractivity contribution in [2.75, 3.05) is 13.7 Å². The first kappa shape index (κ1) is 29.4. The number of methoxy groups -OCH3 is 1. The topological polar surface area (TPSA) is 126 Å². The van der Waals surface area contributed by atoms with Crippen LogP contribution in [0.1, 0.15) is 58.6 Å². The number of hydrogen-bond donors (Lipinski definition) is 3. The third-order valence-electron chi connectivity index (χ3n) is 6.45. The quantitative estimate of drug-likeness (QED) is 0.155. The first-order valence-corrected chi connectivity index (χ1v) is 12.8. The summed E-state index contributed by atoms with van der Waals surface area (Å²) in [6.07, 6.45) is 7.97. The van der Waals surface area contributed by atoms with E-state index in [0.717, 1.165) is 18.4 Å². The Labute approximate surface area is 227 Å². The molecule has 0 saturated carbocycles. The molecule has 0 radical (unpaired) electrons. The fourth-order valence-electron chi connectivity index (χ4n) is 4.37. The number of allylic oxidation sites excluding steroid dienone is 5. The molecule has 208 valence electrons. The number of carbonyl (C=O) groups is 1. The van der Waals surface area contributed by atoms with Gasteiger partial charge in [0, 0.05) is 30.2 Å². The average molecular weight is 537 g/mol. The minimum atomic E-state index is -0.505. The average Bonchev–Trinajstić information content (AvgIpc) is 2.85. The number of aromatic hydroxyl groups is 3. The van der Waals surface area contributed by atoms with E-state index >= 15 is 0 Å². The number of benzene rings is 2. The highest BCUT2D eigenvalue weighted by atomic mass is 16.5. The molecular formula is C31H36O8. The molecule has 0 unspecified atom stereocenters. The van der Waals surface area contributed by atoms with Crippen LogP contribution >= 0.6 is 0 Å². The highest BCUT2D eigenvalue weighted by Gasteiger charge is 2.23. The van der Waals surface area contributed by atoms with E-state index in [1.165, 1.54) is 31.7 Å². The lowest BCUT2D eigenvalue weighted by molar-refractivity contribution is -0.139. The SMILES string of the molecule is COc1c(O)cc2oc3cc(O)c(CC=C(C)COC(C)=O)c(O)c3c(=O)c2c1CC=C(C)CCC=C(C)C. The summed E-state index contributed by atoms with van der Waals surface area (Å²) in [6.45, 7) is 9.24. The van der Waals surface area contributed by atoms with Crippen molar-refractivity contribution in [3.8, 4) is 23.0 Å². The van der Waals surface area contributed by atoms with Crippen molar-refractivity contribution in [3.63, 3.8) is 0 Å². The molecule has 1 aromatic heterocycles. The van der Waals surface area contributed by atoms with Gasteiger partial charge in [-0.1, -0.05) is 29.4 Å². The van der Waals surface area contributed by atoms with Crippen LogP contribution in [0.4, 0.5) is 0 Å². The molecule has 0 atom stereocenters. The maximum absolute atomic E-state index is 13.8. The lowest BCUT2D eigenvalue weighted by Crippen LogP contribution is -2.08. The monoisotopic (exact) mass is 536 g/mol.